The Kier molecular flexibility index (Phi) is 7.27. The molecule has 0 amide bonds. The van der Waals surface area contributed by atoms with E-state index in [1.54, 1.807) is 12.1 Å². The first-order chi connectivity index (χ1) is 13.0. The van der Waals surface area contributed by atoms with E-state index < -0.39 is 5.97 Å². The Balaban J connectivity index is 0.000000596. The first-order valence-electron chi connectivity index (χ1n) is 8.20. The zero-order valence-electron chi connectivity index (χ0n) is 14.8. The summed E-state index contributed by atoms with van der Waals surface area (Å²) in [7, 11) is 0. The average Bonchev–Trinajstić information content (AvgIpc) is 2.66. The molecule has 0 heterocycles. The van der Waals surface area contributed by atoms with Crippen molar-refractivity contribution in [3.05, 3.63) is 101 Å². The minimum absolute atomic E-state index is 0.169. The second kappa shape index (κ2) is 10.1. The maximum absolute atomic E-state index is 9.85. The molecule has 0 aliphatic carbocycles. The van der Waals surface area contributed by atoms with Crippen molar-refractivity contribution >= 4 is 5.97 Å². The number of phenolic OH excluding ortho intramolecular Hbond substituents is 1. The molecule has 3 aromatic rings. The van der Waals surface area contributed by atoms with E-state index in [9.17, 15) is 5.11 Å². The molecule has 3 heteroatoms. The van der Waals surface area contributed by atoms with E-state index in [2.05, 4.69) is 23.7 Å². The Hall–Kier alpha value is -3.95. The summed E-state index contributed by atoms with van der Waals surface area (Å²) in [6.07, 6.45) is 0. The SMILES string of the molecule is CC(=O)O.Oc1cc(C#Cc2ccccc2)cc(C#Cc2ccccc2)c1. The van der Waals surface area contributed by atoms with E-state index in [0.29, 0.717) is 0 Å². The molecule has 0 atom stereocenters. The van der Waals surface area contributed by atoms with Gasteiger partial charge in [-0.2, -0.15) is 0 Å². The number of benzene rings is 3. The normalized spacial score (nSPS) is 8.78. The number of carboxylic acid groups (broad SMARTS) is 1. The van der Waals surface area contributed by atoms with E-state index in [1.807, 2.05) is 66.7 Å². The molecular formula is C24H18O3. The molecular weight excluding hydrogens is 336 g/mol. The second-order valence-corrected chi connectivity index (χ2v) is 5.52. The van der Waals surface area contributed by atoms with Crippen LogP contribution in [0.1, 0.15) is 29.2 Å². The number of phenols is 1. The summed E-state index contributed by atoms with van der Waals surface area (Å²) < 4.78 is 0. The maximum atomic E-state index is 9.85. The Morgan fingerprint density at radius 2 is 1.00 bits per heavy atom. The number of aromatic hydroxyl groups is 1. The molecule has 3 rings (SSSR count). The maximum Gasteiger partial charge on any atom is 0.300 e. The molecule has 0 aromatic heterocycles. The number of carboxylic acids is 1. The van der Waals surface area contributed by atoms with E-state index in [4.69, 9.17) is 9.90 Å². The van der Waals surface area contributed by atoms with Gasteiger partial charge >= 0.3 is 0 Å². The minimum Gasteiger partial charge on any atom is -0.508 e. The van der Waals surface area contributed by atoms with Crippen molar-refractivity contribution in [3.63, 3.8) is 0 Å². The molecule has 0 spiro atoms. The molecule has 0 bridgehead atoms. The summed E-state index contributed by atoms with van der Waals surface area (Å²) in [4.78, 5) is 9.00. The fraction of sp³-hybridized carbons (Fsp3) is 0.0417. The zero-order chi connectivity index (χ0) is 19.5. The second-order valence-electron chi connectivity index (χ2n) is 5.52. The quantitative estimate of drug-likeness (QED) is 0.592. The first-order valence-corrected chi connectivity index (χ1v) is 8.20. The predicted octanol–water partition coefficient (Wildman–Crippen LogP) is 4.28. The molecule has 2 N–H and O–H groups in total. The lowest BCUT2D eigenvalue weighted by atomic mass is 10.1. The van der Waals surface area contributed by atoms with Crippen LogP contribution < -0.4 is 0 Å². The van der Waals surface area contributed by atoms with Crippen LogP contribution in [0.25, 0.3) is 0 Å². The summed E-state index contributed by atoms with van der Waals surface area (Å²) in [6.45, 7) is 1.08. The highest BCUT2D eigenvalue weighted by Gasteiger charge is 1.96. The Labute approximate surface area is 158 Å². The Bertz CT molecular complexity index is 935. The number of rotatable bonds is 0. The van der Waals surface area contributed by atoms with Crippen LogP contribution in [0.4, 0.5) is 0 Å². The number of hydrogen-bond donors (Lipinski definition) is 2. The van der Waals surface area contributed by atoms with Crippen LogP contribution in [-0.4, -0.2) is 16.2 Å². The van der Waals surface area contributed by atoms with Gasteiger partial charge in [-0.3, -0.25) is 4.79 Å². The lowest BCUT2D eigenvalue weighted by Crippen LogP contribution is -1.81. The number of carbonyl (C=O) groups is 1. The standard InChI is InChI=1S/C22H14O.C2H4O2/c23-22-16-20(13-11-18-7-3-1-4-8-18)15-21(17-22)14-12-19-9-5-2-6-10-19;1-2(3)4/h1-10,15-17,23H;1H3,(H,3,4). The number of aliphatic carboxylic acids is 1. The molecule has 132 valence electrons. The van der Waals surface area contributed by atoms with Crippen LogP contribution >= 0.6 is 0 Å². The van der Waals surface area contributed by atoms with E-state index in [0.717, 1.165) is 29.2 Å². The molecule has 0 aliphatic heterocycles. The summed E-state index contributed by atoms with van der Waals surface area (Å²) in [6, 6.07) is 24.7. The van der Waals surface area contributed by atoms with Crippen molar-refractivity contribution in [2.24, 2.45) is 0 Å². The molecule has 0 aliphatic rings. The fourth-order valence-electron chi connectivity index (χ4n) is 2.09. The van der Waals surface area contributed by atoms with Crippen molar-refractivity contribution in [1.82, 2.24) is 0 Å². The fourth-order valence-corrected chi connectivity index (χ4v) is 2.09. The lowest BCUT2D eigenvalue weighted by Gasteiger charge is -1.97. The Morgan fingerprint density at radius 3 is 1.37 bits per heavy atom. The zero-order valence-corrected chi connectivity index (χ0v) is 14.8. The van der Waals surface area contributed by atoms with E-state index >= 15 is 0 Å². The summed E-state index contributed by atoms with van der Waals surface area (Å²) in [5, 5.41) is 17.3. The highest BCUT2D eigenvalue weighted by atomic mass is 16.4. The highest BCUT2D eigenvalue weighted by molar-refractivity contribution is 5.63. The third-order valence-corrected chi connectivity index (χ3v) is 3.17. The monoisotopic (exact) mass is 354 g/mol. The Morgan fingerprint density at radius 1 is 0.667 bits per heavy atom. The van der Waals surface area contributed by atoms with Crippen molar-refractivity contribution in [2.45, 2.75) is 6.92 Å². The molecule has 3 nitrogen and oxygen atoms in total. The van der Waals surface area contributed by atoms with Gasteiger partial charge in [-0.05, 0) is 42.5 Å². The van der Waals surface area contributed by atoms with Crippen LogP contribution in [-0.2, 0) is 4.79 Å². The van der Waals surface area contributed by atoms with Gasteiger partial charge in [-0.25, -0.2) is 0 Å². The van der Waals surface area contributed by atoms with E-state index in [-0.39, 0.29) is 5.75 Å². The molecule has 0 unspecified atom stereocenters. The minimum atomic E-state index is -0.833. The molecule has 0 fully saturated rings. The average molecular weight is 354 g/mol. The number of hydrogen-bond acceptors (Lipinski definition) is 2. The van der Waals surface area contributed by atoms with Gasteiger partial charge in [0.2, 0.25) is 0 Å². The predicted molar refractivity (Wildman–Crippen MR) is 106 cm³/mol. The van der Waals surface area contributed by atoms with Crippen LogP contribution in [0.3, 0.4) is 0 Å². The lowest BCUT2D eigenvalue weighted by molar-refractivity contribution is -0.134. The van der Waals surface area contributed by atoms with Gasteiger partial charge in [0.15, 0.2) is 0 Å². The van der Waals surface area contributed by atoms with E-state index in [1.165, 1.54) is 0 Å². The summed E-state index contributed by atoms with van der Waals surface area (Å²) in [5.74, 6) is 11.6. The topological polar surface area (TPSA) is 57.5 Å². The molecule has 3 aromatic carbocycles. The summed E-state index contributed by atoms with van der Waals surface area (Å²) >= 11 is 0. The first kappa shape index (κ1) is 19.4. The van der Waals surface area contributed by atoms with Crippen molar-refractivity contribution in [3.8, 4) is 29.4 Å². The van der Waals surface area contributed by atoms with Crippen LogP contribution in [0, 0.1) is 23.7 Å². The van der Waals surface area contributed by atoms with Gasteiger partial charge in [0.25, 0.3) is 5.97 Å². The van der Waals surface area contributed by atoms with Crippen molar-refractivity contribution in [2.75, 3.05) is 0 Å². The van der Waals surface area contributed by atoms with Gasteiger partial charge in [-0.1, -0.05) is 60.1 Å². The van der Waals surface area contributed by atoms with Crippen LogP contribution in [0.2, 0.25) is 0 Å². The molecule has 27 heavy (non-hydrogen) atoms. The summed E-state index contributed by atoms with van der Waals surface area (Å²) in [5.41, 5.74) is 3.36. The molecule has 0 radical (unpaired) electrons. The van der Waals surface area contributed by atoms with Crippen molar-refractivity contribution in [1.29, 1.82) is 0 Å². The van der Waals surface area contributed by atoms with Gasteiger partial charge in [0.05, 0.1) is 0 Å². The van der Waals surface area contributed by atoms with Gasteiger partial charge < -0.3 is 10.2 Å². The largest absolute Gasteiger partial charge is 0.508 e. The van der Waals surface area contributed by atoms with Gasteiger partial charge in [-0.15, -0.1) is 0 Å². The smallest absolute Gasteiger partial charge is 0.300 e. The van der Waals surface area contributed by atoms with Gasteiger partial charge in [0.1, 0.15) is 5.75 Å². The van der Waals surface area contributed by atoms with Crippen molar-refractivity contribution < 1.29 is 15.0 Å². The van der Waals surface area contributed by atoms with Crippen LogP contribution in [0.15, 0.2) is 78.9 Å². The third kappa shape index (κ3) is 7.65. The van der Waals surface area contributed by atoms with Crippen LogP contribution in [0.5, 0.6) is 5.75 Å². The van der Waals surface area contributed by atoms with Gasteiger partial charge in [0, 0.05) is 29.2 Å². The molecule has 0 saturated heterocycles. The third-order valence-electron chi connectivity index (χ3n) is 3.17. The highest BCUT2D eigenvalue weighted by Crippen LogP contribution is 2.15. The molecule has 0 saturated carbocycles.